The van der Waals surface area contributed by atoms with Gasteiger partial charge in [0.2, 0.25) is 0 Å². The molecule has 0 spiro atoms. The van der Waals surface area contributed by atoms with Crippen molar-refractivity contribution in [3.63, 3.8) is 0 Å². The molecule has 0 radical (unpaired) electrons. The fraction of sp³-hybridized carbons (Fsp3) is 0.917. The molecule has 1 saturated carbocycles. The van der Waals surface area contributed by atoms with Crippen LogP contribution in [0.4, 0.5) is 0 Å². The Morgan fingerprint density at radius 2 is 1.93 bits per heavy atom. The van der Waals surface area contributed by atoms with Crippen LogP contribution in [0.1, 0.15) is 58.8 Å². The summed E-state index contributed by atoms with van der Waals surface area (Å²) in [5.74, 6) is -0.0211. The summed E-state index contributed by atoms with van der Waals surface area (Å²) >= 11 is 0. The van der Waals surface area contributed by atoms with Gasteiger partial charge >= 0.3 is 5.97 Å². The lowest BCUT2D eigenvalue weighted by Crippen LogP contribution is -2.24. The van der Waals surface area contributed by atoms with Crippen LogP contribution in [0.2, 0.25) is 0 Å². The summed E-state index contributed by atoms with van der Waals surface area (Å²) < 4.78 is 5.32. The first-order valence-corrected chi connectivity index (χ1v) is 5.88. The third-order valence-corrected chi connectivity index (χ3v) is 3.41. The molecule has 0 heterocycles. The van der Waals surface area contributed by atoms with Gasteiger partial charge in [-0.25, -0.2) is 0 Å². The van der Waals surface area contributed by atoms with Crippen LogP contribution < -0.4 is 0 Å². The van der Waals surface area contributed by atoms with E-state index in [-0.39, 0.29) is 5.97 Å². The Hall–Kier alpha value is -0.530. The Bertz CT molecular complexity index is 181. The standard InChI is InChI=1S/C12H22O2/c1-3-7-11(13)14-10-12(4-2)8-5-6-9-12/h3-10H2,1-2H3. The quantitative estimate of drug-likeness (QED) is 0.633. The van der Waals surface area contributed by atoms with Gasteiger partial charge in [-0.3, -0.25) is 4.79 Å². The Morgan fingerprint density at radius 1 is 1.29 bits per heavy atom. The highest BCUT2D eigenvalue weighted by Crippen LogP contribution is 2.41. The van der Waals surface area contributed by atoms with Crippen LogP contribution in [-0.2, 0) is 9.53 Å². The third kappa shape index (κ3) is 3.00. The number of ether oxygens (including phenoxy) is 1. The molecule has 1 aliphatic carbocycles. The molecule has 1 aliphatic rings. The van der Waals surface area contributed by atoms with Crippen molar-refractivity contribution in [2.75, 3.05) is 6.61 Å². The molecular weight excluding hydrogens is 176 g/mol. The maximum absolute atomic E-state index is 11.2. The molecule has 0 aromatic carbocycles. The van der Waals surface area contributed by atoms with Gasteiger partial charge in [0.1, 0.15) is 0 Å². The van der Waals surface area contributed by atoms with Gasteiger partial charge in [-0.05, 0) is 25.7 Å². The molecule has 0 aliphatic heterocycles. The molecule has 0 aromatic heterocycles. The van der Waals surface area contributed by atoms with E-state index in [1.807, 2.05) is 6.92 Å². The summed E-state index contributed by atoms with van der Waals surface area (Å²) in [4.78, 5) is 11.2. The molecule has 0 bridgehead atoms. The highest BCUT2D eigenvalue weighted by atomic mass is 16.5. The minimum absolute atomic E-state index is 0.0211. The van der Waals surface area contributed by atoms with Gasteiger partial charge in [-0.1, -0.05) is 26.7 Å². The number of hydrogen-bond acceptors (Lipinski definition) is 2. The average Bonchev–Trinajstić information content (AvgIpc) is 2.65. The SMILES string of the molecule is CCCC(=O)OCC1(CC)CCCC1. The van der Waals surface area contributed by atoms with Crippen molar-refractivity contribution in [2.45, 2.75) is 58.8 Å². The highest BCUT2D eigenvalue weighted by Gasteiger charge is 2.33. The molecule has 0 saturated heterocycles. The second kappa shape index (κ2) is 5.38. The normalized spacial score (nSPS) is 19.6. The minimum atomic E-state index is -0.0211. The summed E-state index contributed by atoms with van der Waals surface area (Å²) in [7, 11) is 0. The molecule has 82 valence electrons. The van der Waals surface area contributed by atoms with Crippen molar-refractivity contribution < 1.29 is 9.53 Å². The van der Waals surface area contributed by atoms with Gasteiger partial charge in [0, 0.05) is 11.8 Å². The van der Waals surface area contributed by atoms with Crippen LogP contribution in [0.3, 0.4) is 0 Å². The summed E-state index contributed by atoms with van der Waals surface area (Å²) in [5.41, 5.74) is 0.323. The molecule has 1 rings (SSSR count). The fourth-order valence-electron chi connectivity index (χ4n) is 2.23. The summed E-state index contributed by atoms with van der Waals surface area (Å²) in [6, 6.07) is 0. The maximum atomic E-state index is 11.2. The third-order valence-electron chi connectivity index (χ3n) is 3.41. The Balaban J connectivity index is 2.30. The van der Waals surface area contributed by atoms with Gasteiger partial charge in [0.05, 0.1) is 6.61 Å². The smallest absolute Gasteiger partial charge is 0.305 e. The molecule has 2 heteroatoms. The molecule has 0 unspecified atom stereocenters. The zero-order chi connectivity index (χ0) is 10.4. The van der Waals surface area contributed by atoms with Crippen molar-refractivity contribution in [1.29, 1.82) is 0 Å². The van der Waals surface area contributed by atoms with Crippen molar-refractivity contribution in [3.05, 3.63) is 0 Å². The number of rotatable bonds is 5. The predicted molar refractivity (Wildman–Crippen MR) is 57.1 cm³/mol. The van der Waals surface area contributed by atoms with E-state index in [0.717, 1.165) is 12.8 Å². The van der Waals surface area contributed by atoms with E-state index >= 15 is 0 Å². The van der Waals surface area contributed by atoms with E-state index in [1.54, 1.807) is 0 Å². The Labute approximate surface area is 87.0 Å². The first kappa shape index (κ1) is 11.5. The van der Waals surface area contributed by atoms with Crippen LogP contribution in [-0.4, -0.2) is 12.6 Å². The first-order chi connectivity index (χ1) is 6.72. The Morgan fingerprint density at radius 3 is 2.43 bits per heavy atom. The van der Waals surface area contributed by atoms with E-state index in [1.165, 1.54) is 25.7 Å². The largest absolute Gasteiger partial charge is 0.465 e. The van der Waals surface area contributed by atoms with Gasteiger partial charge in [0.25, 0.3) is 0 Å². The zero-order valence-electron chi connectivity index (χ0n) is 9.47. The molecule has 14 heavy (non-hydrogen) atoms. The predicted octanol–water partition coefficient (Wildman–Crippen LogP) is 3.30. The van der Waals surface area contributed by atoms with E-state index in [0.29, 0.717) is 18.4 Å². The topological polar surface area (TPSA) is 26.3 Å². The maximum Gasteiger partial charge on any atom is 0.305 e. The van der Waals surface area contributed by atoms with Crippen molar-refractivity contribution in [1.82, 2.24) is 0 Å². The van der Waals surface area contributed by atoms with Gasteiger partial charge in [-0.2, -0.15) is 0 Å². The van der Waals surface area contributed by atoms with Gasteiger partial charge < -0.3 is 4.74 Å². The number of carbonyl (C=O) groups excluding carboxylic acids is 1. The van der Waals surface area contributed by atoms with E-state index in [2.05, 4.69) is 6.92 Å². The van der Waals surface area contributed by atoms with Crippen LogP contribution in [0, 0.1) is 5.41 Å². The molecule has 0 atom stereocenters. The molecule has 0 N–H and O–H groups in total. The zero-order valence-corrected chi connectivity index (χ0v) is 9.47. The summed E-state index contributed by atoms with van der Waals surface area (Å²) in [6.07, 6.45) is 7.69. The van der Waals surface area contributed by atoms with Crippen LogP contribution in [0.5, 0.6) is 0 Å². The highest BCUT2D eigenvalue weighted by molar-refractivity contribution is 5.69. The molecule has 1 fully saturated rings. The summed E-state index contributed by atoms with van der Waals surface area (Å²) in [6.45, 7) is 4.87. The van der Waals surface area contributed by atoms with Crippen molar-refractivity contribution in [3.8, 4) is 0 Å². The van der Waals surface area contributed by atoms with Crippen molar-refractivity contribution >= 4 is 5.97 Å². The lowest BCUT2D eigenvalue weighted by Gasteiger charge is -2.26. The van der Waals surface area contributed by atoms with Gasteiger partial charge in [0.15, 0.2) is 0 Å². The molecule has 0 aromatic rings. The van der Waals surface area contributed by atoms with Crippen LogP contribution in [0.15, 0.2) is 0 Å². The first-order valence-electron chi connectivity index (χ1n) is 5.88. The molecule has 0 amide bonds. The lowest BCUT2D eigenvalue weighted by atomic mass is 9.84. The van der Waals surface area contributed by atoms with E-state index in [9.17, 15) is 4.79 Å². The molecule has 2 nitrogen and oxygen atoms in total. The number of esters is 1. The second-order valence-electron chi connectivity index (χ2n) is 4.47. The lowest BCUT2D eigenvalue weighted by molar-refractivity contribution is -0.147. The second-order valence-corrected chi connectivity index (χ2v) is 4.47. The van der Waals surface area contributed by atoms with Gasteiger partial charge in [-0.15, -0.1) is 0 Å². The number of hydrogen-bond donors (Lipinski definition) is 0. The summed E-state index contributed by atoms with van der Waals surface area (Å²) in [5, 5.41) is 0. The number of carbonyl (C=O) groups is 1. The fourth-order valence-corrected chi connectivity index (χ4v) is 2.23. The van der Waals surface area contributed by atoms with Crippen LogP contribution in [0.25, 0.3) is 0 Å². The average molecular weight is 198 g/mol. The van der Waals surface area contributed by atoms with Crippen molar-refractivity contribution in [2.24, 2.45) is 5.41 Å². The minimum Gasteiger partial charge on any atom is -0.465 e. The molecular formula is C12H22O2. The monoisotopic (exact) mass is 198 g/mol. The van der Waals surface area contributed by atoms with Crippen LogP contribution >= 0.6 is 0 Å². The van der Waals surface area contributed by atoms with E-state index in [4.69, 9.17) is 4.74 Å². The van der Waals surface area contributed by atoms with E-state index < -0.39 is 0 Å². The Kier molecular flexibility index (Phi) is 4.43.